The number of aryl methyl sites for hydroxylation is 1. The third kappa shape index (κ3) is 4.18. The second kappa shape index (κ2) is 8.36. The molecule has 0 bridgehead atoms. The fourth-order valence-corrected chi connectivity index (χ4v) is 6.14. The van der Waals surface area contributed by atoms with Crippen molar-refractivity contribution in [3.05, 3.63) is 75.5 Å². The first-order valence-electron chi connectivity index (χ1n) is 9.95. The zero-order valence-electron chi connectivity index (χ0n) is 17.6. The highest BCUT2D eigenvalue weighted by atomic mass is 32.2. The van der Waals surface area contributed by atoms with E-state index >= 15 is 0 Å². The summed E-state index contributed by atoms with van der Waals surface area (Å²) in [6.45, 7) is 4.35. The van der Waals surface area contributed by atoms with Crippen LogP contribution in [0.25, 0.3) is 0 Å². The highest BCUT2D eigenvalue weighted by Gasteiger charge is 2.30. The predicted molar refractivity (Wildman–Crippen MR) is 122 cm³/mol. The van der Waals surface area contributed by atoms with Crippen molar-refractivity contribution < 1.29 is 17.9 Å². The van der Waals surface area contributed by atoms with Gasteiger partial charge < -0.3 is 9.64 Å². The van der Waals surface area contributed by atoms with Crippen LogP contribution in [-0.4, -0.2) is 32.9 Å². The number of nitrogens with one attached hydrogen (secondary N) is 1. The lowest BCUT2D eigenvalue weighted by atomic mass is 10.00. The summed E-state index contributed by atoms with van der Waals surface area (Å²) >= 11 is 1.72. The maximum Gasteiger partial charge on any atom is 0.262 e. The molecular formula is C23H24N2O4S2. The van der Waals surface area contributed by atoms with Crippen LogP contribution in [-0.2, 0) is 16.4 Å². The van der Waals surface area contributed by atoms with Crippen molar-refractivity contribution >= 4 is 33.0 Å². The number of nitrogens with zero attached hydrogens (tertiary/aromatic N) is 1. The number of hydrogen-bond donors (Lipinski definition) is 1. The number of carbonyl (C=O) groups is 1. The first-order chi connectivity index (χ1) is 14.8. The molecule has 0 saturated carbocycles. The monoisotopic (exact) mass is 456 g/mol. The molecule has 1 N–H and O–H groups in total. The Labute approximate surface area is 186 Å². The number of thiophene rings is 1. The van der Waals surface area contributed by atoms with Crippen molar-refractivity contribution in [3.63, 3.8) is 0 Å². The number of benzene rings is 2. The summed E-state index contributed by atoms with van der Waals surface area (Å²) in [6, 6.07) is 13.5. The van der Waals surface area contributed by atoms with E-state index in [0.29, 0.717) is 29.1 Å². The number of carbonyl (C=O) groups excluding carboxylic acids is 1. The zero-order chi connectivity index (χ0) is 22.2. The van der Waals surface area contributed by atoms with Crippen LogP contribution in [0.2, 0.25) is 0 Å². The Hall–Kier alpha value is -2.84. The van der Waals surface area contributed by atoms with E-state index in [1.165, 1.54) is 16.5 Å². The largest absolute Gasteiger partial charge is 0.497 e. The molecule has 0 saturated heterocycles. The summed E-state index contributed by atoms with van der Waals surface area (Å²) < 4.78 is 33.8. The zero-order valence-corrected chi connectivity index (χ0v) is 19.2. The molecule has 6 nitrogen and oxygen atoms in total. The van der Waals surface area contributed by atoms with Gasteiger partial charge in [0.15, 0.2) is 0 Å². The van der Waals surface area contributed by atoms with Gasteiger partial charge in [0.25, 0.3) is 15.9 Å². The highest BCUT2D eigenvalue weighted by Crippen LogP contribution is 2.34. The van der Waals surface area contributed by atoms with Crippen molar-refractivity contribution in [2.24, 2.45) is 0 Å². The summed E-state index contributed by atoms with van der Waals surface area (Å²) in [4.78, 5) is 16.5. The normalized spacial score (nSPS) is 16.0. The van der Waals surface area contributed by atoms with Crippen molar-refractivity contribution in [2.45, 2.75) is 31.2 Å². The Kier molecular flexibility index (Phi) is 5.77. The molecular weight excluding hydrogens is 432 g/mol. The Morgan fingerprint density at radius 3 is 2.61 bits per heavy atom. The maximum absolute atomic E-state index is 13.3. The van der Waals surface area contributed by atoms with E-state index in [4.69, 9.17) is 4.74 Å². The fourth-order valence-electron chi connectivity index (χ4n) is 3.84. The van der Waals surface area contributed by atoms with Gasteiger partial charge in [0, 0.05) is 22.7 Å². The number of fused-ring (bicyclic) bond motifs is 1. The van der Waals surface area contributed by atoms with Gasteiger partial charge in [-0.1, -0.05) is 6.07 Å². The molecule has 0 fully saturated rings. The van der Waals surface area contributed by atoms with E-state index in [0.717, 1.165) is 6.42 Å². The Bertz CT molecular complexity index is 1220. The van der Waals surface area contributed by atoms with Gasteiger partial charge in [-0.05, 0) is 79.2 Å². The lowest BCUT2D eigenvalue weighted by Gasteiger charge is -2.33. The molecule has 2 heterocycles. The minimum atomic E-state index is -3.86. The molecule has 0 radical (unpaired) electrons. The van der Waals surface area contributed by atoms with Crippen LogP contribution in [0.3, 0.4) is 0 Å². The number of ether oxygens (including phenoxy) is 1. The van der Waals surface area contributed by atoms with Gasteiger partial charge in [0.05, 0.1) is 18.0 Å². The highest BCUT2D eigenvalue weighted by molar-refractivity contribution is 7.92. The van der Waals surface area contributed by atoms with Gasteiger partial charge in [-0.25, -0.2) is 8.42 Å². The second-order valence-electron chi connectivity index (χ2n) is 7.54. The maximum atomic E-state index is 13.3. The number of amides is 1. The van der Waals surface area contributed by atoms with E-state index in [1.807, 2.05) is 11.8 Å². The van der Waals surface area contributed by atoms with E-state index in [9.17, 15) is 13.2 Å². The molecule has 31 heavy (non-hydrogen) atoms. The fraction of sp³-hybridized carbons (Fsp3) is 0.261. The SMILES string of the molecule is COc1ccc(NS(=O)(=O)c2cc(C(=O)N3CCc4sccc4[C@@H]3C)ccc2C)cc1. The van der Waals surface area contributed by atoms with Crippen LogP contribution in [0.4, 0.5) is 5.69 Å². The van der Waals surface area contributed by atoms with Crippen LogP contribution >= 0.6 is 11.3 Å². The Morgan fingerprint density at radius 1 is 1.16 bits per heavy atom. The van der Waals surface area contributed by atoms with Crippen LogP contribution in [0.5, 0.6) is 5.75 Å². The molecule has 162 valence electrons. The molecule has 0 unspecified atom stereocenters. The first kappa shape index (κ1) is 21.4. The quantitative estimate of drug-likeness (QED) is 0.608. The summed E-state index contributed by atoms with van der Waals surface area (Å²) in [5.74, 6) is 0.474. The van der Waals surface area contributed by atoms with Crippen molar-refractivity contribution in [2.75, 3.05) is 18.4 Å². The van der Waals surface area contributed by atoms with E-state index in [2.05, 4.69) is 16.2 Å². The smallest absolute Gasteiger partial charge is 0.262 e. The van der Waals surface area contributed by atoms with Gasteiger partial charge in [-0.3, -0.25) is 9.52 Å². The number of methoxy groups -OCH3 is 1. The predicted octanol–water partition coefficient (Wildman–Crippen LogP) is 4.63. The molecule has 4 rings (SSSR count). The summed E-state index contributed by atoms with van der Waals surface area (Å²) in [5, 5.41) is 2.05. The van der Waals surface area contributed by atoms with Crippen LogP contribution in [0.15, 0.2) is 58.8 Å². The molecule has 2 aromatic carbocycles. The van der Waals surface area contributed by atoms with Gasteiger partial charge in [0.1, 0.15) is 5.75 Å². The van der Waals surface area contributed by atoms with Crippen molar-refractivity contribution in [1.82, 2.24) is 4.90 Å². The van der Waals surface area contributed by atoms with Crippen LogP contribution < -0.4 is 9.46 Å². The molecule has 1 amide bonds. The van der Waals surface area contributed by atoms with Gasteiger partial charge in [0.2, 0.25) is 0 Å². The van der Waals surface area contributed by atoms with Crippen molar-refractivity contribution in [1.29, 1.82) is 0 Å². The first-order valence-corrected chi connectivity index (χ1v) is 12.3. The standard InChI is InChI=1S/C23H24N2O4S2/c1-15-4-5-17(23(26)25-12-10-21-20(16(25)2)11-13-30-21)14-22(15)31(27,28)24-18-6-8-19(29-3)9-7-18/h4-9,11,13-14,16,24H,10,12H2,1-3H3/t16-/m0/s1. The van der Waals surface area contributed by atoms with Gasteiger partial charge in [-0.15, -0.1) is 11.3 Å². The molecule has 1 aromatic heterocycles. The average molecular weight is 457 g/mol. The Balaban J connectivity index is 1.61. The second-order valence-corrected chi connectivity index (χ2v) is 10.2. The number of hydrogen-bond acceptors (Lipinski definition) is 5. The number of rotatable bonds is 5. The third-order valence-electron chi connectivity index (χ3n) is 5.60. The molecule has 3 aromatic rings. The summed E-state index contributed by atoms with van der Waals surface area (Å²) in [6.07, 6.45) is 0.819. The number of anilines is 1. The van der Waals surface area contributed by atoms with Crippen LogP contribution in [0, 0.1) is 6.92 Å². The molecule has 1 atom stereocenters. The summed E-state index contributed by atoms with van der Waals surface area (Å²) in [5.41, 5.74) is 2.54. The van der Waals surface area contributed by atoms with Crippen LogP contribution in [0.1, 0.15) is 39.3 Å². The van der Waals surface area contributed by atoms with E-state index < -0.39 is 10.0 Å². The molecule has 1 aliphatic heterocycles. The van der Waals surface area contributed by atoms with Crippen molar-refractivity contribution in [3.8, 4) is 5.75 Å². The molecule has 0 spiro atoms. The minimum Gasteiger partial charge on any atom is -0.497 e. The minimum absolute atomic E-state index is 0.0405. The lowest BCUT2D eigenvalue weighted by molar-refractivity contribution is 0.0679. The molecule has 1 aliphatic rings. The molecule has 8 heteroatoms. The average Bonchev–Trinajstić information content (AvgIpc) is 3.24. The molecule has 0 aliphatic carbocycles. The Morgan fingerprint density at radius 2 is 1.90 bits per heavy atom. The third-order valence-corrected chi connectivity index (χ3v) is 8.12. The summed E-state index contributed by atoms with van der Waals surface area (Å²) in [7, 11) is -2.31. The lowest BCUT2D eigenvalue weighted by Crippen LogP contribution is -2.38. The van der Waals surface area contributed by atoms with E-state index in [1.54, 1.807) is 61.8 Å². The van der Waals surface area contributed by atoms with Gasteiger partial charge in [-0.2, -0.15) is 0 Å². The van der Waals surface area contributed by atoms with Gasteiger partial charge >= 0.3 is 0 Å². The topological polar surface area (TPSA) is 75.7 Å². The number of sulfonamides is 1. The van der Waals surface area contributed by atoms with E-state index in [-0.39, 0.29) is 16.8 Å².